The smallest absolute Gasteiger partial charge is 0.171 e. The average Bonchev–Trinajstić information content (AvgIpc) is 2.25. The second kappa shape index (κ2) is 6.02. The summed E-state index contributed by atoms with van der Waals surface area (Å²) < 4.78 is 0.846. The van der Waals surface area contributed by atoms with Crippen LogP contribution in [0.25, 0.3) is 0 Å². The van der Waals surface area contributed by atoms with Gasteiger partial charge in [0.25, 0.3) is 0 Å². The maximum atomic E-state index is 8.56. The number of halogens is 1. The first-order valence-electron chi connectivity index (χ1n) is 4.59. The van der Waals surface area contributed by atoms with Gasteiger partial charge in [-0.2, -0.15) is 0 Å². The topological polar surface area (TPSA) is 58.6 Å². The number of nitrogens with zero attached hydrogens (tertiary/aromatic N) is 1. The lowest BCUT2D eigenvalue weighted by Gasteiger charge is -2.05. The van der Waals surface area contributed by atoms with Crippen molar-refractivity contribution in [3.63, 3.8) is 0 Å². The zero-order valence-electron chi connectivity index (χ0n) is 8.40. The van der Waals surface area contributed by atoms with Gasteiger partial charge in [-0.1, -0.05) is 12.1 Å². The van der Waals surface area contributed by atoms with Crippen LogP contribution in [0.3, 0.4) is 0 Å². The van der Waals surface area contributed by atoms with E-state index in [9.17, 15) is 0 Å². The summed E-state index contributed by atoms with van der Waals surface area (Å²) in [4.78, 5) is 1.18. The maximum Gasteiger partial charge on any atom is 0.171 e. The fraction of sp³-hybridized carbons (Fsp3) is 0.300. The first-order chi connectivity index (χ1) is 7.19. The van der Waals surface area contributed by atoms with Crippen molar-refractivity contribution in [3.8, 4) is 0 Å². The SMILES string of the molecule is CCCSc1ccc(/C(N)=N/O)c(Br)c1. The van der Waals surface area contributed by atoms with Gasteiger partial charge in [-0.25, -0.2) is 0 Å². The lowest BCUT2D eigenvalue weighted by Crippen LogP contribution is -2.13. The summed E-state index contributed by atoms with van der Waals surface area (Å²) in [6.07, 6.45) is 1.14. The van der Waals surface area contributed by atoms with Gasteiger partial charge < -0.3 is 10.9 Å². The van der Waals surface area contributed by atoms with Gasteiger partial charge in [-0.05, 0) is 46.3 Å². The summed E-state index contributed by atoms with van der Waals surface area (Å²) in [6.45, 7) is 2.15. The van der Waals surface area contributed by atoms with Gasteiger partial charge >= 0.3 is 0 Å². The molecule has 15 heavy (non-hydrogen) atoms. The molecule has 82 valence electrons. The monoisotopic (exact) mass is 288 g/mol. The van der Waals surface area contributed by atoms with E-state index < -0.39 is 0 Å². The molecule has 0 amide bonds. The van der Waals surface area contributed by atoms with Crippen molar-refractivity contribution < 1.29 is 5.21 Å². The minimum atomic E-state index is 0.119. The highest BCUT2D eigenvalue weighted by Gasteiger charge is 2.05. The molecule has 0 aromatic heterocycles. The highest BCUT2D eigenvalue weighted by molar-refractivity contribution is 9.10. The molecule has 3 N–H and O–H groups in total. The maximum absolute atomic E-state index is 8.56. The molecule has 3 nitrogen and oxygen atoms in total. The molecule has 0 radical (unpaired) electrons. The largest absolute Gasteiger partial charge is 0.409 e. The predicted octanol–water partition coefficient (Wildman–Crippen LogP) is 3.05. The quantitative estimate of drug-likeness (QED) is 0.294. The third-order valence-corrected chi connectivity index (χ3v) is 3.65. The zero-order chi connectivity index (χ0) is 11.3. The van der Waals surface area contributed by atoms with E-state index in [0.717, 1.165) is 16.6 Å². The number of oxime groups is 1. The van der Waals surface area contributed by atoms with Crippen LogP contribution in [0.5, 0.6) is 0 Å². The molecule has 0 aliphatic carbocycles. The van der Waals surface area contributed by atoms with E-state index in [1.807, 2.05) is 18.2 Å². The molecule has 1 aromatic rings. The first kappa shape index (κ1) is 12.4. The summed E-state index contributed by atoms with van der Waals surface area (Å²) in [5.41, 5.74) is 6.22. The molecule has 0 spiro atoms. The molecule has 5 heteroatoms. The number of benzene rings is 1. The van der Waals surface area contributed by atoms with E-state index in [-0.39, 0.29) is 5.84 Å². The third-order valence-electron chi connectivity index (χ3n) is 1.80. The van der Waals surface area contributed by atoms with Gasteiger partial charge in [-0.15, -0.1) is 11.8 Å². The summed E-state index contributed by atoms with van der Waals surface area (Å²) in [7, 11) is 0. The van der Waals surface area contributed by atoms with Crippen LogP contribution in [0.1, 0.15) is 18.9 Å². The van der Waals surface area contributed by atoms with Crippen molar-refractivity contribution in [2.45, 2.75) is 18.2 Å². The van der Waals surface area contributed by atoms with Crippen molar-refractivity contribution in [3.05, 3.63) is 28.2 Å². The predicted molar refractivity (Wildman–Crippen MR) is 67.7 cm³/mol. The normalized spacial score (nSPS) is 11.7. The molecule has 0 aliphatic heterocycles. The Morgan fingerprint density at radius 1 is 1.60 bits per heavy atom. The highest BCUT2D eigenvalue weighted by Crippen LogP contribution is 2.25. The number of amidine groups is 1. The second-order valence-electron chi connectivity index (χ2n) is 2.98. The molecule has 0 heterocycles. The number of rotatable bonds is 4. The molecular weight excluding hydrogens is 276 g/mol. The number of nitrogens with two attached hydrogens (primary N) is 1. The lowest BCUT2D eigenvalue weighted by atomic mass is 10.2. The van der Waals surface area contributed by atoms with Crippen molar-refractivity contribution in [1.82, 2.24) is 0 Å². The lowest BCUT2D eigenvalue weighted by molar-refractivity contribution is 0.318. The second-order valence-corrected chi connectivity index (χ2v) is 5.00. The van der Waals surface area contributed by atoms with E-state index in [0.29, 0.717) is 5.56 Å². The van der Waals surface area contributed by atoms with E-state index in [1.165, 1.54) is 4.90 Å². The Bertz CT molecular complexity index is 368. The Morgan fingerprint density at radius 2 is 2.33 bits per heavy atom. The van der Waals surface area contributed by atoms with Gasteiger partial charge in [0, 0.05) is 14.9 Å². The molecular formula is C10H13BrN2OS. The molecule has 0 fully saturated rings. The van der Waals surface area contributed by atoms with Gasteiger partial charge in [0.2, 0.25) is 0 Å². The van der Waals surface area contributed by atoms with Gasteiger partial charge in [-0.3, -0.25) is 0 Å². The Morgan fingerprint density at radius 3 is 2.87 bits per heavy atom. The van der Waals surface area contributed by atoms with Gasteiger partial charge in [0.05, 0.1) is 0 Å². The summed E-state index contributed by atoms with van der Waals surface area (Å²) >= 11 is 5.18. The Labute approximate surface area is 102 Å². The fourth-order valence-corrected chi connectivity index (χ4v) is 2.61. The van der Waals surface area contributed by atoms with E-state index in [4.69, 9.17) is 10.9 Å². The van der Waals surface area contributed by atoms with Crippen LogP contribution in [0, 0.1) is 0 Å². The molecule has 0 aliphatic rings. The first-order valence-corrected chi connectivity index (χ1v) is 6.37. The molecule has 0 atom stereocenters. The van der Waals surface area contributed by atoms with Gasteiger partial charge in [0.15, 0.2) is 5.84 Å². The number of hydrogen-bond acceptors (Lipinski definition) is 3. The van der Waals surface area contributed by atoms with Crippen LogP contribution in [0.15, 0.2) is 32.7 Å². The Balaban J connectivity index is 2.88. The van der Waals surface area contributed by atoms with Crippen molar-refractivity contribution in [1.29, 1.82) is 0 Å². The third kappa shape index (κ3) is 3.43. The molecule has 1 rings (SSSR count). The van der Waals surface area contributed by atoms with Crippen LogP contribution < -0.4 is 5.73 Å². The van der Waals surface area contributed by atoms with Crippen LogP contribution in [-0.4, -0.2) is 16.8 Å². The number of thioether (sulfide) groups is 1. The number of hydrogen-bond donors (Lipinski definition) is 2. The van der Waals surface area contributed by atoms with Gasteiger partial charge in [0.1, 0.15) is 0 Å². The van der Waals surface area contributed by atoms with E-state index >= 15 is 0 Å². The zero-order valence-corrected chi connectivity index (χ0v) is 10.8. The van der Waals surface area contributed by atoms with Crippen LogP contribution in [0.4, 0.5) is 0 Å². The molecule has 0 saturated carbocycles. The minimum Gasteiger partial charge on any atom is -0.409 e. The van der Waals surface area contributed by atoms with Crippen LogP contribution in [-0.2, 0) is 0 Å². The molecule has 0 bridgehead atoms. The Kier molecular flexibility index (Phi) is 4.98. The molecule has 0 unspecified atom stereocenters. The summed E-state index contributed by atoms with van der Waals surface area (Å²) in [5.74, 6) is 1.21. The van der Waals surface area contributed by atoms with Crippen LogP contribution in [0.2, 0.25) is 0 Å². The minimum absolute atomic E-state index is 0.119. The highest BCUT2D eigenvalue weighted by atomic mass is 79.9. The standard InChI is InChI=1S/C10H13BrN2OS/c1-2-5-15-7-3-4-8(9(11)6-7)10(12)13-14/h3-4,6,14H,2,5H2,1H3,(H2,12,13). The molecule has 1 aromatic carbocycles. The fourth-order valence-electron chi connectivity index (χ4n) is 1.07. The van der Waals surface area contributed by atoms with Crippen molar-refractivity contribution >= 4 is 33.5 Å². The van der Waals surface area contributed by atoms with Crippen LogP contribution >= 0.6 is 27.7 Å². The van der Waals surface area contributed by atoms with E-state index in [1.54, 1.807) is 11.8 Å². The summed E-state index contributed by atoms with van der Waals surface area (Å²) in [5, 5.41) is 11.5. The summed E-state index contributed by atoms with van der Waals surface area (Å²) in [6, 6.07) is 5.79. The van der Waals surface area contributed by atoms with Crippen molar-refractivity contribution in [2.75, 3.05) is 5.75 Å². The van der Waals surface area contributed by atoms with E-state index in [2.05, 4.69) is 28.0 Å². The average molecular weight is 289 g/mol. The molecule has 0 saturated heterocycles. The Hall–Kier alpha value is -0.680. The van der Waals surface area contributed by atoms with Crippen molar-refractivity contribution in [2.24, 2.45) is 10.9 Å².